The third-order valence-corrected chi connectivity index (χ3v) is 10.9. The number of allylic oxidation sites excluding steroid dienone is 6. The molecule has 2 nitrogen and oxygen atoms in total. The van der Waals surface area contributed by atoms with Crippen LogP contribution >= 0.6 is 0 Å². The summed E-state index contributed by atoms with van der Waals surface area (Å²) in [4.78, 5) is 10.5. The molecule has 0 aliphatic carbocycles. The minimum absolute atomic E-state index is 0.676. The van der Waals surface area contributed by atoms with Crippen LogP contribution in [0.3, 0.4) is 0 Å². The largest absolute Gasteiger partial charge is 0.228 e. The summed E-state index contributed by atoms with van der Waals surface area (Å²) < 4.78 is 0. The molecule has 0 amide bonds. The van der Waals surface area contributed by atoms with Crippen LogP contribution in [0.5, 0.6) is 0 Å². The first kappa shape index (κ1) is 37.9. The van der Waals surface area contributed by atoms with E-state index in [0.29, 0.717) is 5.82 Å². The van der Waals surface area contributed by atoms with Crippen molar-refractivity contribution in [3.63, 3.8) is 0 Å². The van der Waals surface area contributed by atoms with Crippen molar-refractivity contribution >= 4 is 33.2 Å². The number of rotatable bonds is 11. The predicted octanol–water partition coefficient (Wildman–Crippen LogP) is 15.7. The molecular formula is C58H44N2. The van der Waals surface area contributed by atoms with Crippen molar-refractivity contribution < 1.29 is 0 Å². The lowest BCUT2D eigenvalue weighted by Gasteiger charge is -2.18. The van der Waals surface area contributed by atoms with Crippen molar-refractivity contribution in [3.05, 3.63) is 242 Å². The summed E-state index contributed by atoms with van der Waals surface area (Å²) in [5.41, 5.74) is 13.7. The number of fused-ring (bicyclic) bond motifs is 2. The van der Waals surface area contributed by atoms with E-state index in [-0.39, 0.29) is 0 Å². The fourth-order valence-electron chi connectivity index (χ4n) is 8.02. The topological polar surface area (TPSA) is 25.8 Å². The second-order valence-electron chi connectivity index (χ2n) is 14.9. The Morgan fingerprint density at radius 1 is 0.467 bits per heavy atom. The van der Waals surface area contributed by atoms with Crippen LogP contribution in [0.25, 0.3) is 89.4 Å². The van der Waals surface area contributed by atoms with Gasteiger partial charge in [0, 0.05) is 16.7 Å². The van der Waals surface area contributed by atoms with Crippen LogP contribution in [0.2, 0.25) is 0 Å². The molecular weight excluding hydrogens is 725 g/mol. The van der Waals surface area contributed by atoms with Crippen molar-refractivity contribution in [1.29, 1.82) is 0 Å². The maximum Gasteiger partial charge on any atom is 0.160 e. The van der Waals surface area contributed by atoms with Crippen LogP contribution in [0.4, 0.5) is 0 Å². The molecule has 0 bridgehead atoms. The van der Waals surface area contributed by atoms with Crippen molar-refractivity contribution in [3.8, 4) is 56.2 Å². The number of hydrogen-bond acceptors (Lipinski definition) is 2. The van der Waals surface area contributed by atoms with Crippen LogP contribution in [0, 0.1) is 0 Å². The highest BCUT2D eigenvalue weighted by Crippen LogP contribution is 2.44. The van der Waals surface area contributed by atoms with Gasteiger partial charge >= 0.3 is 0 Å². The summed E-state index contributed by atoms with van der Waals surface area (Å²) in [6.45, 7) is 6.60. The smallest absolute Gasteiger partial charge is 0.160 e. The van der Waals surface area contributed by atoms with Crippen molar-refractivity contribution in [2.24, 2.45) is 0 Å². The molecule has 286 valence electrons. The Bertz CT molecular complexity index is 2990. The van der Waals surface area contributed by atoms with E-state index in [1.807, 2.05) is 12.1 Å². The van der Waals surface area contributed by atoms with Crippen LogP contribution in [0.1, 0.15) is 24.5 Å². The van der Waals surface area contributed by atoms with Gasteiger partial charge in [0.05, 0.1) is 11.4 Å². The first-order valence-corrected chi connectivity index (χ1v) is 20.6. The quantitative estimate of drug-likeness (QED) is 0.0744. The van der Waals surface area contributed by atoms with E-state index in [2.05, 4.69) is 226 Å². The second-order valence-corrected chi connectivity index (χ2v) is 14.9. The maximum absolute atomic E-state index is 5.29. The lowest BCUT2D eigenvalue weighted by molar-refractivity contribution is 1.18. The Morgan fingerprint density at radius 3 is 1.53 bits per heavy atom. The van der Waals surface area contributed by atoms with E-state index >= 15 is 0 Å². The highest BCUT2D eigenvalue weighted by molar-refractivity contribution is 6.21. The van der Waals surface area contributed by atoms with Crippen molar-refractivity contribution in [2.75, 3.05) is 0 Å². The molecule has 0 saturated carbocycles. The standard InChI is InChI=1S/C58H44N2/c1-3-4-5-9-21-41(2)53(38-42-22-10-6-11-23-42)43-34-36-45(37-35-43)55-40-54(44-24-12-7-13-25-44)59-58(60-55)48-29-20-28-47(39-48)57-51-32-18-16-30-49(51)56(46-26-14-8-15-27-46)50-31-17-19-33-52(50)57/h4-40H,2-3H2,1H3/b5-4-,21-9-,53-38+. The Labute approximate surface area is 352 Å². The number of aromatic nitrogens is 2. The van der Waals surface area contributed by atoms with Gasteiger partial charge in [0.2, 0.25) is 0 Å². The van der Waals surface area contributed by atoms with E-state index < -0.39 is 0 Å². The van der Waals surface area contributed by atoms with E-state index in [1.54, 1.807) is 0 Å². The summed E-state index contributed by atoms with van der Waals surface area (Å²) in [5.74, 6) is 0.676. The highest BCUT2D eigenvalue weighted by atomic mass is 14.9. The normalized spacial score (nSPS) is 11.8. The molecule has 2 heteroatoms. The van der Waals surface area contributed by atoms with Crippen LogP contribution < -0.4 is 0 Å². The molecule has 0 radical (unpaired) electrons. The van der Waals surface area contributed by atoms with E-state index in [0.717, 1.165) is 62.3 Å². The highest BCUT2D eigenvalue weighted by Gasteiger charge is 2.18. The van der Waals surface area contributed by atoms with Crippen LogP contribution in [-0.2, 0) is 0 Å². The Hall–Kier alpha value is -7.68. The second kappa shape index (κ2) is 17.4. The predicted molar refractivity (Wildman–Crippen MR) is 256 cm³/mol. The Balaban J connectivity index is 1.16. The first-order chi connectivity index (χ1) is 29.6. The molecule has 0 fully saturated rings. The number of hydrogen-bond donors (Lipinski definition) is 0. The van der Waals surface area contributed by atoms with Gasteiger partial charge in [-0.15, -0.1) is 0 Å². The summed E-state index contributed by atoms with van der Waals surface area (Å²) in [6, 6.07) is 68.5. The summed E-state index contributed by atoms with van der Waals surface area (Å²) >= 11 is 0. The van der Waals surface area contributed by atoms with Crippen molar-refractivity contribution in [1.82, 2.24) is 9.97 Å². The first-order valence-electron chi connectivity index (χ1n) is 20.6. The lowest BCUT2D eigenvalue weighted by Crippen LogP contribution is -1.97. The van der Waals surface area contributed by atoms with Gasteiger partial charge in [-0.2, -0.15) is 0 Å². The summed E-state index contributed by atoms with van der Waals surface area (Å²) in [7, 11) is 0. The minimum Gasteiger partial charge on any atom is -0.228 e. The van der Waals surface area contributed by atoms with Crippen LogP contribution in [-0.4, -0.2) is 9.97 Å². The molecule has 9 rings (SSSR count). The molecule has 0 aliphatic rings. The minimum atomic E-state index is 0.676. The van der Waals surface area contributed by atoms with Gasteiger partial charge in [-0.3, -0.25) is 0 Å². The molecule has 0 atom stereocenters. The lowest BCUT2D eigenvalue weighted by atomic mass is 9.85. The maximum atomic E-state index is 5.29. The Kier molecular flexibility index (Phi) is 11.0. The van der Waals surface area contributed by atoms with E-state index in [9.17, 15) is 0 Å². The third kappa shape index (κ3) is 7.92. The van der Waals surface area contributed by atoms with Crippen molar-refractivity contribution in [2.45, 2.75) is 13.3 Å². The molecule has 1 aromatic heterocycles. The van der Waals surface area contributed by atoms with Gasteiger partial charge in [0.1, 0.15) is 0 Å². The molecule has 8 aromatic carbocycles. The monoisotopic (exact) mass is 768 g/mol. The molecule has 0 saturated heterocycles. The average molecular weight is 769 g/mol. The molecule has 1 heterocycles. The average Bonchev–Trinajstić information content (AvgIpc) is 3.32. The fraction of sp³-hybridized carbons (Fsp3) is 0.0345. The zero-order chi connectivity index (χ0) is 40.7. The fourth-order valence-corrected chi connectivity index (χ4v) is 8.02. The Morgan fingerprint density at radius 2 is 0.950 bits per heavy atom. The summed E-state index contributed by atoms with van der Waals surface area (Å²) in [6.07, 6.45) is 11.6. The van der Waals surface area contributed by atoms with Crippen LogP contribution in [0.15, 0.2) is 231 Å². The summed E-state index contributed by atoms with van der Waals surface area (Å²) in [5, 5.41) is 4.88. The number of benzene rings is 8. The molecule has 9 aromatic rings. The molecule has 0 unspecified atom stereocenters. The van der Waals surface area contributed by atoms with Gasteiger partial charge in [0.25, 0.3) is 0 Å². The molecule has 60 heavy (non-hydrogen) atoms. The molecule has 0 N–H and O–H groups in total. The van der Waals surface area contributed by atoms with Gasteiger partial charge < -0.3 is 0 Å². The molecule has 0 aliphatic heterocycles. The molecule has 0 spiro atoms. The van der Waals surface area contributed by atoms with E-state index in [1.165, 1.54) is 38.2 Å². The van der Waals surface area contributed by atoms with Gasteiger partial charge in [-0.1, -0.05) is 220 Å². The van der Waals surface area contributed by atoms with E-state index in [4.69, 9.17) is 9.97 Å². The van der Waals surface area contributed by atoms with Gasteiger partial charge in [-0.05, 0) is 90.7 Å². The zero-order valence-electron chi connectivity index (χ0n) is 33.7. The third-order valence-electron chi connectivity index (χ3n) is 10.9. The van der Waals surface area contributed by atoms with Gasteiger partial charge in [0.15, 0.2) is 5.82 Å². The SMILES string of the molecule is C=C(/C=C\C=C/CC)/C(=C\c1ccccc1)c1ccc(-c2cc(-c3ccccc3)nc(-c3cccc(-c4c5ccccc5c(-c5ccccc5)c5ccccc45)c3)n2)cc1. The zero-order valence-corrected chi connectivity index (χ0v) is 33.7. The van der Waals surface area contributed by atoms with Gasteiger partial charge in [-0.25, -0.2) is 9.97 Å². The number of nitrogens with zero attached hydrogens (tertiary/aromatic N) is 2.